The lowest BCUT2D eigenvalue weighted by molar-refractivity contribution is -0.134. The number of nitrogens with zero attached hydrogens (tertiary/aromatic N) is 3. The minimum atomic E-state index is -3.79. The Hall–Kier alpha value is -1.81. The van der Waals surface area contributed by atoms with E-state index >= 15 is 0 Å². The Morgan fingerprint density at radius 2 is 1.94 bits per heavy atom. The molecule has 0 radical (unpaired) electrons. The zero-order valence-electron chi connectivity index (χ0n) is 17.9. The van der Waals surface area contributed by atoms with Crippen LogP contribution in [0.25, 0.3) is 6.08 Å². The molecule has 1 amide bonds. The number of likely N-dealkylation sites (tertiary alicyclic amines) is 1. The van der Waals surface area contributed by atoms with Crippen LogP contribution in [-0.2, 0) is 14.8 Å². The van der Waals surface area contributed by atoms with Crippen LogP contribution in [0.5, 0.6) is 5.75 Å². The SMILES string of the molecule is CC(=N)N1CCC(CN2CCN(S(=O)(=O)C3=Cc4ccc(Cl)cc4OC3)CC2=O)CC1.Cl. The minimum absolute atomic E-state index is 0. The van der Waals surface area contributed by atoms with E-state index in [1.165, 1.54) is 4.31 Å². The Bertz CT molecular complexity index is 1020. The Morgan fingerprint density at radius 1 is 1.22 bits per heavy atom. The van der Waals surface area contributed by atoms with E-state index in [2.05, 4.69) is 4.90 Å². The summed E-state index contributed by atoms with van der Waals surface area (Å²) in [5.41, 5.74) is 0.658. The van der Waals surface area contributed by atoms with Gasteiger partial charge in [0.2, 0.25) is 15.9 Å². The second-order valence-corrected chi connectivity index (χ2v) is 10.7. The number of halogens is 2. The fourth-order valence-corrected chi connectivity index (χ4v) is 5.86. The summed E-state index contributed by atoms with van der Waals surface area (Å²) in [4.78, 5) is 16.7. The lowest BCUT2D eigenvalue weighted by Gasteiger charge is -2.38. The van der Waals surface area contributed by atoms with Crippen molar-refractivity contribution in [1.29, 1.82) is 5.41 Å². The van der Waals surface area contributed by atoms with Gasteiger partial charge in [0.25, 0.3) is 0 Å². The molecule has 0 unspecified atom stereocenters. The summed E-state index contributed by atoms with van der Waals surface area (Å²) in [6.07, 6.45) is 3.48. The molecule has 0 saturated carbocycles. The van der Waals surface area contributed by atoms with Gasteiger partial charge < -0.3 is 14.5 Å². The number of hydrogen-bond acceptors (Lipinski definition) is 5. The number of carbonyl (C=O) groups is 1. The number of carbonyl (C=O) groups excluding carboxylic acids is 1. The van der Waals surface area contributed by atoms with Gasteiger partial charge in [-0.1, -0.05) is 11.6 Å². The molecule has 1 aromatic rings. The van der Waals surface area contributed by atoms with Gasteiger partial charge in [-0.05, 0) is 50.0 Å². The molecule has 11 heteroatoms. The number of amidine groups is 1. The summed E-state index contributed by atoms with van der Waals surface area (Å²) in [6, 6.07) is 5.07. The largest absolute Gasteiger partial charge is 0.487 e. The molecule has 0 bridgehead atoms. The fourth-order valence-electron chi connectivity index (χ4n) is 4.28. The van der Waals surface area contributed by atoms with Crippen molar-refractivity contribution < 1.29 is 17.9 Å². The topological polar surface area (TPSA) is 94.0 Å². The maximum absolute atomic E-state index is 13.1. The average Bonchev–Trinajstić information content (AvgIpc) is 2.75. The van der Waals surface area contributed by atoms with Crippen LogP contribution in [0.3, 0.4) is 0 Å². The molecule has 3 aliphatic heterocycles. The van der Waals surface area contributed by atoms with Crippen molar-refractivity contribution in [3.8, 4) is 5.75 Å². The third-order valence-corrected chi connectivity index (χ3v) is 8.31. The van der Waals surface area contributed by atoms with Crippen LogP contribution < -0.4 is 4.74 Å². The number of ether oxygens (including phenoxy) is 1. The number of piperazine rings is 1. The first-order chi connectivity index (χ1) is 14.7. The molecule has 176 valence electrons. The van der Waals surface area contributed by atoms with Crippen molar-refractivity contribution in [3.05, 3.63) is 33.7 Å². The summed E-state index contributed by atoms with van der Waals surface area (Å²) in [7, 11) is -3.79. The molecule has 2 fully saturated rings. The third kappa shape index (κ3) is 5.22. The van der Waals surface area contributed by atoms with Gasteiger partial charge in [-0.2, -0.15) is 4.31 Å². The second-order valence-electron chi connectivity index (χ2n) is 8.28. The van der Waals surface area contributed by atoms with Crippen LogP contribution in [0.1, 0.15) is 25.3 Å². The number of sulfonamides is 1. The zero-order valence-corrected chi connectivity index (χ0v) is 20.3. The Kier molecular flexibility index (Phi) is 7.75. The summed E-state index contributed by atoms with van der Waals surface area (Å²) in [6.45, 7) is 4.56. The van der Waals surface area contributed by atoms with Crippen LogP contribution in [0.15, 0.2) is 23.1 Å². The van der Waals surface area contributed by atoms with Gasteiger partial charge in [0.05, 0.1) is 17.3 Å². The van der Waals surface area contributed by atoms with Gasteiger partial charge in [0, 0.05) is 43.3 Å². The maximum Gasteiger partial charge on any atom is 0.243 e. The van der Waals surface area contributed by atoms with Crippen molar-refractivity contribution in [2.75, 3.05) is 45.9 Å². The van der Waals surface area contributed by atoms with E-state index in [0.717, 1.165) is 25.9 Å². The minimum Gasteiger partial charge on any atom is -0.487 e. The van der Waals surface area contributed by atoms with Crippen LogP contribution in [-0.4, -0.2) is 80.1 Å². The summed E-state index contributed by atoms with van der Waals surface area (Å²) in [5.74, 6) is 1.36. The van der Waals surface area contributed by atoms with E-state index in [-0.39, 0.29) is 42.9 Å². The molecule has 0 spiro atoms. The molecule has 1 aromatic carbocycles. The van der Waals surface area contributed by atoms with Crippen molar-refractivity contribution >= 4 is 51.9 Å². The van der Waals surface area contributed by atoms with Gasteiger partial charge in [0.15, 0.2) is 0 Å². The fraction of sp³-hybridized carbons (Fsp3) is 0.524. The first-order valence-electron chi connectivity index (χ1n) is 10.4. The molecule has 2 saturated heterocycles. The van der Waals surface area contributed by atoms with Gasteiger partial charge in [0.1, 0.15) is 12.4 Å². The lowest BCUT2D eigenvalue weighted by Crippen LogP contribution is -2.54. The highest BCUT2D eigenvalue weighted by Gasteiger charge is 2.36. The van der Waals surface area contributed by atoms with Crippen molar-refractivity contribution in [3.63, 3.8) is 0 Å². The molecular formula is C21H28Cl2N4O4S. The van der Waals surface area contributed by atoms with E-state index in [4.69, 9.17) is 21.7 Å². The quantitative estimate of drug-likeness (QED) is 0.504. The number of fused-ring (bicyclic) bond motifs is 1. The number of hydrogen-bond donors (Lipinski definition) is 1. The van der Waals surface area contributed by atoms with Crippen LogP contribution in [0.2, 0.25) is 5.02 Å². The zero-order chi connectivity index (χ0) is 22.2. The predicted molar refractivity (Wildman–Crippen MR) is 127 cm³/mol. The van der Waals surface area contributed by atoms with Crippen molar-refractivity contribution in [1.82, 2.24) is 14.1 Å². The second kappa shape index (κ2) is 9.99. The van der Waals surface area contributed by atoms with Crippen LogP contribution >= 0.6 is 24.0 Å². The first-order valence-corrected chi connectivity index (χ1v) is 12.3. The number of nitrogens with one attached hydrogen (secondary N) is 1. The number of piperidine rings is 1. The molecule has 8 nitrogen and oxygen atoms in total. The molecule has 3 aliphatic rings. The number of benzene rings is 1. The van der Waals surface area contributed by atoms with Crippen molar-refractivity contribution in [2.24, 2.45) is 5.92 Å². The van der Waals surface area contributed by atoms with Crippen LogP contribution in [0.4, 0.5) is 0 Å². The molecule has 0 aromatic heterocycles. The van der Waals surface area contributed by atoms with E-state index in [9.17, 15) is 13.2 Å². The summed E-state index contributed by atoms with van der Waals surface area (Å²) < 4.78 is 33.1. The van der Waals surface area contributed by atoms with E-state index in [1.54, 1.807) is 36.1 Å². The summed E-state index contributed by atoms with van der Waals surface area (Å²) in [5, 5.41) is 8.26. The van der Waals surface area contributed by atoms with Gasteiger partial charge >= 0.3 is 0 Å². The lowest BCUT2D eigenvalue weighted by atomic mass is 9.96. The third-order valence-electron chi connectivity index (χ3n) is 6.18. The molecule has 0 aliphatic carbocycles. The predicted octanol–water partition coefficient (Wildman–Crippen LogP) is 2.68. The molecule has 32 heavy (non-hydrogen) atoms. The Labute approximate surface area is 200 Å². The molecule has 4 rings (SSSR count). The average molecular weight is 503 g/mol. The highest BCUT2D eigenvalue weighted by molar-refractivity contribution is 7.93. The number of amides is 1. The normalized spacial score (nSPS) is 20.2. The number of rotatable bonds is 4. The molecule has 0 atom stereocenters. The standard InChI is InChI=1S/C21H27ClN4O4S.ClH/c1-15(23)24-6-4-16(5-7-24)12-25-8-9-26(13-21(25)27)31(28,29)19-10-17-2-3-18(22)11-20(17)30-14-19;/h2-3,10-11,16,23H,4-9,12-14H2,1H3;1H. The Balaban J connectivity index is 0.00000289. The van der Waals surface area contributed by atoms with Gasteiger partial charge in [-0.3, -0.25) is 10.2 Å². The monoisotopic (exact) mass is 502 g/mol. The Morgan fingerprint density at radius 3 is 2.59 bits per heavy atom. The first kappa shape index (κ1) is 24.8. The molecule has 1 N–H and O–H groups in total. The van der Waals surface area contributed by atoms with E-state index in [1.807, 2.05) is 0 Å². The molecular weight excluding hydrogens is 475 g/mol. The van der Waals surface area contributed by atoms with E-state index < -0.39 is 10.0 Å². The van der Waals surface area contributed by atoms with Gasteiger partial charge in [-0.15, -0.1) is 12.4 Å². The smallest absolute Gasteiger partial charge is 0.243 e. The molecule has 3 heterocycles. The maximum atomic E-state index is 13.1. The van der Waals surface area contributed by atoms with Gasteiger partial charge in [-0.25, -0.2) is 8.42 Å². The van der Waals surface area contributed by atoms with E-state index in [0.29, 0.717) is 41.2 Å². The highest BCUT2D eigenvalue weighted by Crippen LogP contribution is 2.32. The highest BCUT2D eigenvalue weighted by atomic mass is 35.5. The van der Waals surface area contributed by atoms with Crippen LogP contribution in [0, 0.1) is 11.3 Å². The summed E-state index contributed by atoms with van der Waals surface area (Å²) >= 11 is 5.96. The van der Waals surface area contributed by atoms with Crippen molar-refractivity contribution in [2.45, 2.75) is 19.8 Å².